The number of nitrogens with zero attached hydrogens (tertiary/aromatic N) is 1. The van der Waals surface area contributed by atoms with Crippen LogP contribution < -0.4 is 0 Å². The number of hydrogen-bond acceptors (Lipinski definition) is 3. The smallest absolute Gasteiger partial charge is 0.0632 e. The van der Waals surface area contributed by atoms with Gasteiger partial charge in [0.25, 0.3) is 0 Å². The van der Waals surface area contributed by atoms with Crippen LogP contribution in [0.25, 0.3) is 0 Å². The van der Waals surface area contributed by atoms with E-state index in [0.717, 1.165) is 25.2 Å². The molecule has 0 amide bonds. The molecule has 0 unspecified atom stereocenters. The molecular weight excluding hydrogens is 202 g/mol. The summed E-state index contributed by atoms with van der Waals surface area (Å²) in [6.07, 6.45) is 6.02. The van der Waals surface area contributed by atoms with Crippen LogP contribution in [-0.2, 0) is 9.47 Å². The highest BCUT2D eigenvalue weighted by molar-refractivity contribution is 4.90. The summed E-state index contributed by atoms with van der Waals surface area (Å²) in [5.41, 5.74) is 0. The zero-order valence-electron chi connectivity index (χ0n) is 10.2. The quantitative estimate of drug-likeness (QED) is 0.677. The molecule has 3 aliphatic heterocycles. The molecule has 3 fully saturated rings. The second-order valence-corrected chi connectivity index (χ2v) is 5.61. The third-order valence-corrected chi connectivity index (χ3v) is 4.44. The first-order chi connectivity index (χ1) is 7.83. The summed E-state index contributed by atoms with van der Waals surface area (Å²) in [7, 11) is 0. The number of likely N-dealkylation sites (tertiary alicyclic amines) is 1. The molecule has 3 heteroatoms. The van der Waals surface area contributed by atoms with Gasteiger partial charge in [-0.3, -0.25) is 4.90 Å². The highest BCUT2D eigenvalue weighted by Gasteiger charge is 2.39. The Labute approximate surface area is 98.1 Å². The Morgan fingerprint density at radius 3 is 2.75 bits per heavy atom. The van der Waals surface area contributed by atoms with E-state index in [1.165, 1.54) is 38.8 Å². The van der Waals surface area contributed by atoms with Crippen molar-refractivity contribution in [3.63, 3.8) is 0 Å². The molecule has 3 nitrogen and oxygen atoms in total. The number of piperidine rings is 1. The fraction of sp³-hybridized carbons (Fsp3) is 1.00. The first kappa shape index (κ1) is 11.0. The second kappa shape index (κ2) is 4.63. The van der Waals surface area contributed by atoms with Crippen LogP contribution in [0.2, 0.25) is 0 Å². The topological polar surface area (TPSA) is 21.7 Å². The van der Waals surface area contributed by atoms with E-state index in [1.807, 2.05) is 0 Å². The summed E-state index contributed by atoms with van der Waals surface area (Å²) in [6, 6.07) is 0.783. The van der Waals surface area contributed by atoms with Crippen molar-refractivity contribution in [2.24, 2.45) is 5.92 Å². The Hall–Kier alpha value is -0.120. The minimum atomic E-state index is 0.490. The maximum absolute atomic E-state index is 5.95. The van der Waals surface area contributed by atoms with Gasteiger partial charge < -0.3 is 9.47 Å². The molecule has 16 heavy (non-hydrogen) atoms. The molecule has 3 rings (SSSR count). The standard InChI is InChI=1S/C13H23NO2/c1-10-8-11-9-14(5-2-13(11)16-10)12-3-6-15-7-4-12/h10-13H,2-9H2,1H3/t10-,11-,13-/m1/s1. The largest absolute Gasteiger partial charge is 0.381 e. The lowest BCUT2D eigenvalue weighted by Crippen LogP contribution is -2.48. The van der Waals surface area contributed by atoms with E-state index in [-0.39, 0.29) is 0 Å². The number of fused-ring (bicyclic) bond motifs is 1. The van der Waals surface area contributed by atoms with Crippen molar-refractivity contribution in [1.29, 1.82) is 0 Å². The van der Waals surface area contributed by atoms with E-state index >= 15 is 0 Å². The van der Waals surface area contributed by atoms with Crippen molar-refractivity contribution >= 4 is 0 Å². The average molecular weight is 225 g/mol. The van der Waals surface area contributed by atoms with E-state index in [0.29, 0.717) is 12.2 Å². The van der Waals surface area contributed by atoms with Crippen LogP contribution in [0, 0.1) is 5.92 Å². The molecule has 0 saturated carbocycles. The van der Waals surface area contributed by atoms with Gasteiger partial charge in [-0.25, -0.2) is 0 Å². The summed E-state index contributed by atoms with van der Waals surface area (Å²) in [6.45, 7) is 6.64. The highest BCUT2D eigenvalue weighted by atomic mass is 16.5. The zero-order chi connectivity index (χ0) is 11.0. The first-order valence-electron chi connectivity index (χ1n) is 6.80. The molecule has 0 bridgehead atoms. The van der Waals surface area contributed by atoms with Crippen molar-refractivity contribution in [2.45, 2.75) is 50.9 Å². The monoisotopic (exact) mass is 225 g/mol. The SMILES string of the molecule is C[C@@H]1C[C@@H]2CN(C3CCOCC3)CC[C@H]2O1. The molecular formula is C13H23NO2. The lowest BCUT2D eigenvalue weighted by molar-refractivity contribution is -0.0232. The van der Waals surface area contributed by atoms with Crippen LogP contribution in [0.15, 0.2) is 0 Å². The van der Waals surface area contributed by atoms with Crippen molar-refractivity contribution in [3.05, 3.63) is 0 Å². The number of rotatable bonds is 1. The van der Waals surface area contributed by atoms with Crippen LogP contribution in [-0.4, -0.2) is 49.5 Å². The number of ether oxygens (including phenoxy) is 2. The van der Waals surface area contributed by atoms with Crippen LogP contribution in [0.4, 0.5) is 0 Å². The Bertz CT molecular complexity index is 240. The van der Waals surface area contributed by atoms with E-state index in [4.69, 9.17) is 9.47 Å². The lowest BCUT2D eigenvalue weighted by Gasteiger charge is -2.40. The van der Waals surface area contributed by atoms with Crippen LogP contribution in [0.3, 0.4) is 0 Å². The van der Waals surface area contributed by atoms with Crippen molar-refractivity contribution in [1.82, 2.24) is 4.90 Å². The van der Waals surface area contributed by atoms with Gasteiger partial charge in [0.05, 0.1) is 12.2 Å². The second-order valence-electron chi connectivity index (χ2n) is 5.61. The molecule has 0 aromatic heterocycles. The predicted molar refractivity (Wildman–Crippen MR) is 62.5 cm³/mol. The molecule has 3 saturated heterocycles. The molecule has 3 atom stereocenters. The minimum Gasteiger partial charge on any atom is -0.381 e. The fourth-order valence-corrected chi connectivity index (χ4v) is 3.61. The van der Waals surface area contributed by atoms with Gasteiger partial charge in [0, 0.05) is 38.3 Å². The third-order valence-electron chi connectivity index (χ3n) is 4.44. The van der Waals surface area contributed by atoms with Crippen molar-refractivity contribution < 1.29 is 9.47 Å². The molecule has 0 aromatic carbocycles. The highest BCUT2D eigenvalue weighted by Crippen LogP contribution is 2.34. The Morgan fingerprint density at radius 1 is 1.12 bits per heavy atom. The maximum atomic E-state index is 5.95. The van der Waals surface area contributed by atoms with Crippen molar-refractivity contribution in [2.75, 3.05) is 26.3 Å². The number of hydrogen-bond donors (Lipinski definition) is 0. The van der Waals surface area contributed by atoms with Gasteiger partial charge in [0.15, 0.2) is 0 Å². The van der Waals surface area contributed by atoms with E-state index in [9.17, 15) is 0 Å². The Morgan fingerprint density at radius 2 is 1.94 bits per heavy atom. The molecule has 0 aliphatic carbocycles. The van der Waals surface area contributed by atoms with Gasteiger partial charge in [-0.2, -0.15) is 0 Å². The average Bonchev–Trinajstić information content (AvgIpc) is 2.69. The van der Waals surface area contributed by atoms with Crippen molar-refractivity contribution in [3.8, 4) is 0 Å². The molecule has 0 aromatic rings. The van der Waals surface area contributed by atoms with E-state index < -0.39 is 0 Å². The summed E-state index contributed by atoms with van der Waals surface area (Å²) < 4.78 is 11.4. The summed E-state index contributed by atoms with van der Waals surface area (Å²) in [5.74, 6) is 0.798. The summed E-state index contributed by atoms with van der Waals surface area (Å²) in [5, 5.41) is 0. The zero-order valence-corrected chi connectivity index (χ0v) is 10.2. The predicted octanol–water partition coefficient (Wildman–Crippen LogP) is 1.66. The van der Waals surface area contributed by atoms with E-state index in [1.54, 1.807) is 0 Å². The van der Waals surface area contributed by atoms with Crippen LogP contribution >= 0.6 is 0 Å². The lowest BCUT2D eigenvalue weighted by atomic mass is 9.91. The normalized spacial score (nSPS) is 42.2. The van der Waals surface area contributed by atoms with E-state index in [2.05, 4.69) is 11.8 Å². The Kier molecular flexibility index (Phi) is 3.18. The first-order valence-corrected chi connectivity index (χ1v) is 6.80. The van der Waals surface area contributed by atoms with Gasteiger partial charge >= 0.3 is 0 Å². The maximum Gasteiger partial charge on any atom is 0.0632 e. The van der Waals surface area contributed by atoms with Gasteiger partial charge in [-0.05, 0) is 32.6 Å². The van der Waals surface area contributed by atoms with Gasteiger partial charge in [0.2, 0.25) is 0 Å². The van der Waals surface area contributed by atoms with Gasteiger partial charge in [0.1, 0.15) is 0 Å². The molecule has 92 valence electrons. The molecule has 0 N–H and O–H groups in total. The fourth-order valence-electron chi connectivity index (χ4n) is 3.61. The molecule has 3 heterocycles. The van der Waals surface area contributed by atoms with Crippen LogP contribution in [0.1, 0.15) is 32.6 Å². The van der Waals surface area contributed by atoms with Gasteiger partial charge in [-0.1, -0.05) is 0 Å². The van der Waals surface area contributed by atoms with Gasteiger partial charge in [-0.15, -0.1) is 0 Å². The molecule has 0 spiro atoms. The minimum absolute atomic E-state index is 0.490. The van der Waals surface area contributed by atoms with Crippen LogP contribution in [0.5, 0.6) is 0 Å². The third kappa shape index (κ3) is 2.13. The summed E-state index contributed by atoms with van der Waals surface area (Å²) in [4.78, 5) is 2.70. The molecule has 3 aliphatic rings. The Balaban J connectivity index is 1.58. The summed E-state index contributed by atoms with van der Waals surface area (Å²) >= 11 is 0. The molecule has 0 radical (unpaired) electrons.